The lowest BCUT2D eigenvalue weighted by Crippen LogP contribution is -2.25. The number of hydrogen-bond acceptors (Lipinski definition) is 5. The highest BCUT2D eigenvalue weighted by molar-refractivity contribution is 7.89. The van der Waals surface area contributed by atoms with Crippen LogP contribution in [0, 0.1) is 0 Å². The van der Waals surface area contributed by atoms with E-state index in [9.17, 15) is 13.2 Å². The summed E-state index contributed by atoms with van der Waals surface area (Å²) in [6.07, 6.45) is 1.37. The van der Waals surface area contributed by atoms with Crippen molar-refractivity contribution in [2.24, 2.45) is 5.14 Å². The largest absolute Gasteiger partial charge is 0.351 e. The Hall–Kier alpha value is -2.19. The summed E-state index contributed by atoms with van der Waals surface area (Å²) in [6, 6.07) is 7.06. The molecule has 0 aliphatic carbocycles. The molecule has 0 saturated carbocycles. The number of carbonyl (C=O) groups excluding carboxylic acids is 1. The van der Waals surface area contributed by atoms with Crippen LogP contribution in [-0.4, -0.2) is 26.5 Å². The molecule has 19 heavy (non-hydrogen) atoms. The van der Waals surface area contributed by atoms with E-state index < -0.39 is 10.0 Å². The predicted molar refractivity (Wildman–Crippen MR) is 67.1 cm³/mol. The van der Waals surface area contributed by atoms with Gasteiger partial charge in [-0.3, -0.25) is 4.79 Å². The van der Waals surface area contributed by atoms with Gasteiger partial charge < -0.3 is 9.42 Å². The van der Waals surface area contributed by atoms with Gasteiger partial charge in [0.2, 0.25) is 15.8 Å². The van der Waals surface area contributed by atoms with E-state index in [0.29, 0.717) is 5.69 Å². The highest BCUT2D eigenvalue weighted by atomic mass is 32.2. The molecule has 100 valence electrons. The number of aromatic nitrogens is 1. The summed E-state index contributed by atoms with van der Waals surface area (Å²) < 4.78 is 27.0. The van der Waals surface area contributed by atoms with Gasteiger partial charge in [-0.25, -0.2) is 13.6 Å². The Labute approximate surface area is 109 Å². The van der Waals surface area contributed by atoms with Gasteiger partial charge in [-0.15, -0.1) is 0 Å². The molecule has 0 bridgehead atoms. The van der Waals surface area contributed by atoms with Gasteiger partial charge in [0, 0.05) is 18.8 Å². The van der Waals surface area contributed by atoms with Crippen LogP contribution in [0.25, 0.3) is 0 Å². The molecular formula is C11H11N3O4S. The number of primary sulfonamides is 1. The van der Waals surface area contributed by atoms with E-state index in [4.69, 9.17) is 9.66 Å². The van der Waals surface area contributed by atoms with Gasteiger partial charge in [0.1, 0.15) is 0 Å². The number of nitrogens with two attached hydrogens (primary N) is 1. The minimum atomic E-state index is -3.74. The van der Waals surface area contributed by atoms with Crippen LogP contribution in [0.4, 0.5) is 5.69 Å². The topological polar surface area (TPSA) is 106 Å². The van der Waals surface area contributed by atoms with Gasteiger partial charge in [0.15, 0.2) is 0 Å². The number of carbonyl (C=O) groups is 1. The molecule has 2 N–H and O–H groups in total. The molecule has 2 aromatic rings. The van der Waals surface area contributed by atoms with Crippen LogP contribution < -0.4 is 10.0 Å². The van der Waals surface area contributed by atoms with Crippen molar-refractivity contribution in [1.29, 1.82) is 0 Å². The van der Waals surface area contributed by atoms with Crippen LogP contribution in [0.15, 0.2) is 45.9 Å². The fourth-order valence-corrected chi connectivity index (χ4v) is 1.98. The fourth-order valence-electron chi connectivity index (χ4n) is 1.47. The Morgan fingerprint density at radius 2 is 1.89 bits per heavy atom. The highest BCUT2D eigenvalue weighted by Crippen LogP contribution is 2.18. The second kappa shape index (κ2) is 4.82. The second-order valence-corrected chi connectivity index (χ2v) is 5.34. The van der Waals surface area contributed by atoms with Crippen molar-refractivity contribution in [3.8, 4) is 0 Å². The van der Waals surface area contributed by atoms with E-state index in [2.05, 4.69) is 5.16 Å². The Morgan fingerprint density at radius 1 is 1.26 bits per heavy atom. The molecule has 0 atom stereocenters. The van der Waals surface area contributed by atoms with Crippen molar-refractivity contribution in [1.82, 2.24) is 5.16 Å². The van der Waals surface area contributed by atoms with E-state index in [1.54, 1.807) is 0 Å². The second-order valence-electron chi connectivity index (χ2n) is 3.78. The standard InChI is InChI=1S/C11H11N3O4S/c1-14(11(15)10-6-7-13-18-10)8-2-4-9(5-3-8)19(12,16)17/h2-7H,1H3,(H2,12,16,17). The lowest BCUT2D eigenvalue weighted by molar-refractivity contribution is 0.0957. The zero-order valence-corrected chi connectivity index (χ0v) is 10.8. The van der Waals surface area contributed by atoms with Crippen molar-refractivity contribution in [3.05, 3.63) is 42.3 Å². The van der Waals surface area contributed by atoms with Gasteiger partial charge >= 0.3 is 0 Å². The van der Waals surface area contributed by atoms with Crippen LogP contribution in [0.5, 0.6) is 0 Å². The molecule has 0 radical (unpaired) electrons. The first-order valence-electron chi connectivity index (χ1n) is 5.21. The first-order chi connectivity index (χ1) is 8.89. The average molecular weight is 281 g/mol. The fraction of sp³-hybridized carbons (Fsp3) is 0.0909. The Morgan fingerprint density at radius 3 is 2.37 bits per heavy atom. The van der Waals surface area contributed by atoms with Gasteiger partial charge in [-0.05, 0) is 24.3 Å². The third kappa shape index (κ3) is 2.80. The maximum absolute atomic E-state index is 11.9. The van der Waals surface area contributed by atoms with E-state index in [-0.39, 0.29) is 16.6 Å². The predicted octanol–water partition coefficient (Wildman–Crippen LogP) is 0.599. The number of sulfonamides is 1. The van der Waals surface area contributed by atoms with E-state index in [1.165, 1.54) is 48.5 Å². The summed E-state index contributed by atoms with van der Waals surface area (Å²) in [5.41, 5.74) is 0.508. The Balaban J connectivity index is 2.25. The van der Waals surface area contributed by atoms with E-state index >= 15 is 0 Å². The molecule has 0 fully saturated rings. The summed E-state index contributed by atoms with van der Waals surface area (Å²) in [7, 11) is -2.20. The number of amides is 1. The number of benzene rings is 1. The Kier molecular flexibility index (Phi) is 3.36. The molecule has 8 heteroatoms. The SMILES string of the molecule is CN(C(=O)c1ccno1)c1ccc(S(N)(=O)=O)cc1. The van der Waals surface area contributed by atoms with E-state index in [0.717, 1.165) is 0 Å². The summed E-state index contributed by atoms with van der Waals surface area (Å²) in [4.78, 5) is 13.2. The van der Waals surface area contributed by atoms with Crippen LogP contribution in [0.3, 0.4) is 0 Å². The van der Waals surface area contributed by atoms with Gasteiger partial charge in [0.25, 0.3) is 5.91 Å². The molecule has 0 spiro atoms. The molecule has 1 aromatic carbocycles. The third-order valence-corrected chi connectivity index (χ3v) is 3.44. The highest BCUT2D eigenvalue weighted by Gasteiger charge is 2.17. The zero-order valence-electron chi connectivity index (χ0n) is 9.98. The summed E-state index contributed by atoms with van der Waals surface area (Å²) in [5.74, 6) is -0.293. The number of rotatable bonds is 3. The van der Waals surface area contributed by atoms with Crippen LogP contribution in [0.2, 0.25) is 0 Å². The molecule has 1 amide bonds. The number of anilines is 1. The third-order valence-electron chi connectivity index (χ3n) is 2.51. The lowest BCUT2D eigenvalue weighted by Gasteiger charge is -2.15. The smallest absolute Gasteiger partial charge is 0.296 e. The zero-order chi connectivity index (χ0) is 14.0. The van der Waals surface area contributed by atoms with Crippen LogP contribution in [0.1, 0.15) is 10.6 Å². The molecule has 2 rings (SSSR count). The van der Waals surface area contributed by atoms with Crippen molar-refractivity contribution in [3.63, 3.8) is 0 Å². The molecule has 0 aliphatic rings. The number of nitrogens with zero attached hydrogens (tertiary/aromatic N) is 2. The van der Waals surface area contributed by atoms with Crippen molar-refractivity contribution in [2.45, 2.75) is 4.90 Å². The molecule has 1 aromatic heterocycles. The number of hydrogen-bond donors (Lipinski definition) is 1. The maximum Gasteiger partial charge on any atom is 0.296 e. The first kappa shape index (κ1) is 13.2. The van der Waals surface area contributed by atoms with Crippen molar-refractivity contribution in [2.75, 3.05) is 11.9 Å². The molecule has 0 aliphatic heterocycles. The normalized spacial score (nSPS) is 11.3. The van der Waals surface area contributed by atoms with E-state index in [1.807, 2.05) is 0 Å². The van der Waals surface area contributed by atoms with Crippen molar-refractivity contribution >= 4 is 21.6 Å². The minimum absolute atomic E-state index is 0.0169. The Bertz CT molecular complexity index is 677. The minimum Gasteiger partial charge on any atom is -0.351 e. The molecule has 0 saturated heterocycles. The van der Waals surface area contributed by atoms with Gasteiger partial charge in [-0.2, -0.15) is 0 Å². The molecule has 0 unspecified atom stereocenters. The van der Waals surface area contributed by atoms with Gasteiger partial charge in [-0.1, -0.05) is 5.16 Å². The van der Waals surface area contributed by atoms with Gasteiger partial charge in [0.05, 0.1) is 11.1 Å². The van der Waals surface area contributed by atoms with Crippen molar-refractivity contribution < 1.29 is 17.7 Å². The monoisotopic (exact) mass is 281 g/mol. The molecular weight excluding hydrogens is 270 g/mol. The quantitative estimate of drug-likeness (QED) is 0.886. The molecule has 1 heterocycles. The lowest BCUT2D eigenvalue weighted by atomic mass is 10.3. The average Bonchev–Trinajstić information content (AvgIpc) is 2.90. The van der Waals surface area contributed by atoms with Crippen LogP contribution >= 0.6 is 0 Å². The first-order valence-corrected chi connectivity index (χ1v) is 6.76. The van der Waals surface area contributed by atoms with Crippen LogP contribution in [-0.2, 0) is 10.0 Å². The summed E-state index contributed by atoms with van der Waals surface area (Å²) >= 11 is 0. The maximum atomic E-state index is 11.9. The molecule has 7 nitrogen and oxygen atoms in total. The summed E-state index contributed by atoms with van der Waals surface area (Å²) in [5, 5.41) is 8.44. The summed E-state index contributed by atoms with van der Waals surface area (Å²) in [6.45, 7) is 0.